The molecule has 2 rings (SSSR count). The smallest absolute Gasteiger partial charge is 0.253 e. The van der Waals surface area contributed by atoms with Gasteiger partial charge in [0, 0.05) is 12.2 Å². The molecule has 0 spiro atoms. The predicted octanol–water partition coefficient (Wildman–Crippen LogP) is 3.29. The third-order valence-corrected chi connectivity index (χ3v) is 2.97. The maximum Gasteiger partial charge on any atom is 0.253 e. The Morgan fingerprint density at radius 1 is 1.19 bits per heavy atom. The van der Waals surface area contributed by atoms with Gasteiger partial charge < -0.3 is 16.4 Å². The molecule has 0 saturated heterocycles. The first-order chi connectivity index (χ1) is 10.1. The van der Waals surface area contributed by atoms with Crippen LogP contribution in [-0.4, -0.2) is 12.5 Å². The van der Waals surface area contributed by atoms with Crippen molar-refractivity contribution in [2.24, 2.45) is 0 Å². The van der Waals surface area contributed by atoms with E-state index in [1.807, 2.05) is 6.92 Å². The van der Waals surface area contributed by atoms with Crippen LogP contribution < -0.4 is 16.4 Å². The number of para-hydroxylation sites is 1. The van der Waals surface area contributed by atoms with E-state index in [9.17, 15) is 9.18 Å². The molecule has 110 valence electrons. The maximum absolute atomic E-state index is 13.7. The van der Waals surface area contributed by atoms with E-state index in [1.54, 1.807) is 36.4 Å². The molecule has 1 amide bonds. The van der Waals surface area contributed by atoms with Crippen LogP contribution in [0, 0.1) is 5.82 Å². The Kier molecular flexibility index (Phi) is 4.77. The highest BCUT2D eigenvalue weighted by Gasteiger charge is 2.12. The lowest BCUT2D eigenvalue weighted by Gasteiger charge is -2.13. The molecule has 0 heterocycles. The van der Waals surface area contributed by atoms with Crippen LogP contribution in [0.3, 0.4) is 0 Å². The molecule has 5 heteroatoms. The summed E-state index contributed by atoms with van der Waals surface area (Å²) in [6.45, 7) is 2.55. The van der Waals surface area contributed by atoms with Crippen LogP contribution in [0.15, 0.2) is 42.5 Å². The van der Waals surface area contributed by atoms with Gasteiger partial charge in [0.2, 0.25) is 0 Å². The zero-order valence-electron chi connectivity index (χ0n) is 11.8. The minimum absolute atomic E-state index is 0.233. The van der Waals surface area contributed by atoms with Crippen molar-refractivity contribution in [3.63, 3.8) is 0 Å². The summed E-state index contributed by atoms with van der Waals surface area (Å²) in [6.07, 6.45) is 0.837. The summed E-state index contributed by atoms with van der Waals surface area (Å²) in [6, 6.07) is 11.2. The van der Waals surface area contributed by atoms with Gasteiger partial charge in [0.05, 0.1) is 16.9 Å². The number of nitrogen functional groups attached to an aromatic ring is 1. The average molecular weight is 287 g/mol. The second-order valence-electron chi connectivity index (χ2n) is 4.67. The number of rotatable bonds is 5. The number of halogens is 1. The van der Waals surface area contributed by atoms with Crippen LogP contribution >= 0.6 is 0 Å². The van der Waals surface area contributed by atoms with Crippen LogP contribution in [0.25, 0.3) is 0 Å². The number of hydrogen-bond donors (Lipinski definition) is 3. The molecule has 4 N–H and O–H groups in total. The van der Waals surface area contributed by atoms with Crippen LogP contribution in [-0.2, 0) is 0 Å². The number of hydrogen-bond acceptors (Lipinski definition) is 3. The van der Waals surface area contributed by atoms with E-state index < -0.39 is 0 Å². The molecule has 0 aliphatic carbocycles. The van der Waals surface area contributed by atoms with Gasteiger partial charge in [0.15, 0.2) is 0 Å². The molecular formula is C16H18FN3O. The Bertz CT molecular complexity index is 643. The van der Waals surface area contributed by atoms with E-state index in [0.717, 1.165) is 6.42 Å². The number of nitrogens with one attached hydrogen (secondary N) is 2. The van der Waals surface area contributed by atoms with Crippen molar-refractivity contribution in [2.45, 2.75) is 13.3 Å². The van der Waals surface area contributed by atoms with Gasteiger partial charge in [0.1, 0.15) is 5.82 Å². The lowest BCUT2D eigenvalue weighted by atomic mass is 10.1. The fourth-order valence-corrected chi connectivity index (χ4v) is 1.90. The van der Waals surface area contributed by atoms with Gasteiger partial charge in [0.25, 0.3) is 5.91 Å². The molecule has 0 aliphatic rings. The molecule has 2 aromatic carbocycles. The summed E-state index contributed by atoms with van der Waals surface area (Å²) in [7, 11) is 0. The van der Waals surface area contributed by atoms with Gasteiger partial charge in [-0.15, -0.1) is 0 Å². The fraction of sp³-hybridized carbons (Fsp3) is 0.188. The normalized spacial score (nSPS) is 10.2. The second-order valence-corrected chi connectivity index (χ2v) is 4.67. The van der Waals surface area contributed by atoms with Gasteiger partial charge in [-0.1, -0.05) is 19.1 Å². The minimum Gasteiger partial charge on any atom is -0.399 e. The van der Waals surface area contributed by atoms with Crippen molar-refractivity contribution in [1.29, 1.82) is 0 Å². The summed E-state index contributed by atoms with van der Waals surface area (Å²) >= 11 is 0. The number of benzene rings is 2. The Balaban J connectivity index is 2.31. The summed E-state index contributed by atoms with van der Waals surface area (Å²) in [5.41, 5.74) is 7.44. The summed E-state index contributed by atoms with van der Waals surface area (Å²) in [4.78, 5) is 12.2. The molecule has 0 fully saturated rings. The van der Waals surface area contributed by atoms with Gasteiger partial charge >= 0.3 is 0 Å². The maximum atomic E-state index is 13.7. The van der Waals surface area contributed by atoms with Crippen LogP contribution in [0.5, 0.6) is 0 Å². The molecule has 21 heavy (non-hydrogen) atoms. The summed E-state index contributed by atoms with van der Waals surface area (Å²) < 4.78 is 13.7. The van der Waals surface area contributed by atoms with Crippen molar-refractivity contribution >= 4 is 23.0 Å². The standard InChI is InChI=1S/C16H18FN3O/c1-2-9-19-16(21)12-10-11(18)7-8-14(12)20-15-6-4-3-5-13(15)17/h3-8,10,20H,2,9,18H2,1H3,(H,19,21). The third-order valence-electron chi connectivity index (χ3n) is 2.97. The lowest BCUT2D eigenvalue weighted by molar-refractivity contribution is 0.0954. The van der Waals surface area contributed by atoms with Crippen molar-refractivity contribution in [3.05, 3.63) is 53.8 Å². The van der Waals surface area contributed by atoms with Gasteiger partial charge in [-0.25, -0.2) is 4.39 Å². The van der Waals surface area contributed by atoms with Gasteiger partial charge in [-0.05, 0) is 36.8 Å². The number of carbonyl (C=O) groups is 1. The van der Waals surface area contributed by atoms with Crippen molar-refractivity contribution < 1.29 is 9.18 Å². The highest BCUT2D eigenvalue weighted by molar-refractivity contribution is 6.01. The molecule has 0 aliphatic heterocycles. The van der Waals surface area contributed by atoms with Crippen molar-refractivity contribution in [2.75, 3.05) is 17.6 Å². The molecule has 0 saturated carbocycles. The first kappa shape index (κ1) is 14.8. The Morgan fingerprint density at radius 2 is 1.95 bits per heavy atom. The molecule has 0 aromatic heterocycles. The Hall–Kier alpha value is -2.56. The van der Waals surface area contributed by atoms with E-state index in [2.05, 4.69) is 10.6 Å². The number of carbonyl (C=O) groups excluding carboxylic acids is 1. The zero-order valence-corrected chi connectivity index (χ0v) is 11.8. The predicted molar refractivity (Wildman–Crippen MR) is 83.2 cm³/mol. The monoisotopic (exact) mass is 287 g/mol. The number of amides is 1. The van der Waals surface area contributed by atoms with Crippen molar-refractivity contribution in [1.82, 2.24) is 5.32 Å². The van der Waals surface area contributed by atoms with Crippen LogP contribution in [0.4, 0.5) is 21.5 Å². The van der Waals surface area contributed by atoms with Gasteiger partial charge in [-0.3, -0.25) is 4.79 Å². The largest absolute Gasteiger partial charge is 0.399 e. The molecular weight excluding hydrogens is 269 g/mol. The van der Waals surface area contributed by atoms with Gasteiger partial charge in [-0.2, -0.15) is 0 Å². The summed E-state index contributed by atoms with van der Waals surface area (Å²) in [5.74, 6) is -0.614. The van der Waals surface area contributed by atoms with E-state index in [-0.39, 0.29) is 11.7 Å². The zero-order chi connectivity index (χ0) is 15.2. The van der Waals surface area contributed by atoms with E-state index in [4.69, 9.17) is 5.73 Å². The quantitative estimate of drug-likeness (QED) is 0.739. The lowest BCUT2D eigenvalue weighted by Crippen LogP contribution is -2.25. The third kappa shape index (κ3) is 3.72. The first-order valence-corrected chi connectivity index (χ1v) is 6.81. The topological polar surface area (TPSA) is 67.2 Å². The average Bonchev–Trinajstić information content (AvgIpc) is 2.48. The van der Waals surface area contributed by atoms with Crippen molar-refractivity contribution in [3.8, 4) is 0 Å². The number of nitrogens with two attached hydrogens (primary N) is 1. The van der Waals surface area contributed by atoms with Crippen LogP contribution in [0.2, 0.25) is 0 Å². The van der Waals surface area contributed by atoms with E-state index in [0.29, 0.717) is 29.2 Å². The van der Waals surface area contributed by atoms with E-state index >= 15 is 0 Å². The molecule has 0 bridgehead atoms. The second kappa shape index (κ2) is 6.74. The highest BCUT2D eigenvalue weighted by Crippen LogP contribution is 2.24. The number of anilines is 3. The molecule has 2 aromatic rings. The Morgan fingerprint density at radius 3 is 2.67 bits per heavy atom. The highest BCUT2D eigenvalue weighted by atomic mass is 19.1. The Labute approximate surface area is 123 Å². The summed E-state index contributed by atoms with van der Waals surface area (Å²) in [5, 5.41) is 5.72. The molecule has 4 nitrogen and oxygen atoms in total. The van der Waals surface area contributed by atoms with Crippen LogP contribution in [0.1, 0.15) is 23.7 Å². The fourth-order valence-electron chi connectivity index (χ4n) is 1.90. The molecule has 0 radical (unpaired) electrons. The SMILES string of the molecule is CCCNC(=O)c1cc(N)ccc1Nc1ccccc1F. The molecule has 0 atom stereocenters. The molecule has 0 unspecified atom stereocenters. The first-order valence-electron chi connectivity index (χ1n) is 6.81. The van der Waals surface area contributed by atoms with E-state index in [1.165, 1.54) is 6.07 Å². The minimum atomic E-state index is -0.380.